The lowest BCUT2D eigenvalue weighted by Crippen LogP contribution is -2.50. The van der Waals surface area contributed by atoms with E-state index in [-0.39, 0.29) is 44.9 Å². The molecule has 3 unspecified atom stereocenters. The normalized spacial score (nSPS) is 18.8. The van der Waals surface area contributed by atoms with Crippen LogP contribution in [-0.4, -0.2) is 138 Å². The van der Waals surface area contributed by atoms with Gasteiger partial charge in [0.05, 0.1) is 16.8 Å². The summed E-state index contributed by atoms with van der Waals surface area (Å²) in [4.78, 5) is 38.2. The number of alkyl halides is 1. The van der Waals surface area contributed by atoms with Crippen molar-refractivity contribution < 1.29 is 35.1 Å². The molecule has 2 amide bonds. The number of hydrogen-bond donors (Lipinski definition) is 9. The van der Waals surface area contributed by atoms with Crippen molar-refractivity contribution in [2.24, 2.45) is 11.8 Å². The molecule has 0 saturated carbocycles. The number of aryl methyl sites for hydroxylation is 1. The first-order valence-corrected chi connectivity index (χ1v) is 21.0. The Morgan fingerprint density at radius 2 is 1.73 bits per heavy atom. The second kappa shape index (κ2) is 24.4. The molecular formula is C38H62ClIN8O7. The Morgan fingerprint density at radius 1 is 1.02 bits per heavy atom. The molecular weight excluding hydrogens is 843 g/mol. The number of nitrogen functional groups attached to an aromatic ring is 2. The predicted octanol–water partition coefficient (Wildman–Crippen LogP) is 1.88. The number of aromatic nitrogens is 2. The van der Waals surface area contributed by atoms with Crippen LogP contribution in [0.2, 0.25) is 5.15 Å². The van der Waals surface area contributed by atoms with Gasteiger partial charge in [0.25, 0.3) is 5.91 Å². The number of piperidine rings is 1. The molecule has 2 aromatic rings. The number of rotatable bonds is 24. The van der Waals surface area contributed by atoms with Crippen LogP contribution >= 0.6 is 34.2 Å². The number of anilines is 2. The van der Waals surface area contributed by atoms with Gasteiger partial charge < -0.3 is 57.4 Å². The van der Waals surface area contributed by atoms with Crippen molar-refractivity contribution in [1.82, 2.24) is 30.4 Å². The number of nitrogens with one attached hydrogen (secondary N) is 2. The summed E-state index contributed by atoms with van der Waals surface area (Å²) >= 11 is 8.35. The first-order valence-electron chi connectivity index (χ1n) is 19.4. The first-order chi connectivity index (χ1) is 26.2. The highest BCUT2D eigenvalue weighted by atomic mass is 127. The van der Waals surface area contributed by atoms with Crippen molar-refractivity contribution in [1.29, 1.82) is 0 Å². The van der Waals surface area contributed by atoms with Crippen LogP contribution in [0.1, 0.15) is 79.9 Å². The highest BCUT2D eigenvalue weighted by Crippen LogP contribution is 2.28. The van der Waals surface area contributed by atoms with Gasteiger partial charge in [-0.2, -0.15) is 0 Å². The Hall–Kier alpha value is -2.42. The van der Waals surface area contributed by atoms with Crippen molar-refractivity contribution >= 4 is 57.6 Å². The number of benzene rings is 1. The third kappa shape index (κ3) is 15.5. The molecule has 3 rings (SSSR count). The van der Waals surface area contributed by atoms with Crippen molar-refractivity contribution in [2.75, 3.05) is 63.9 Å². The summed E-state index contributed by atoms with van der Waals surface area (Å²) in [6, 6.07) is 8.18. The Labute approximate surface area is 343 Å². The zero-order valence-electron chi connectivity index (χ0n) is 32.1. The molecule has 0 aliphatic carbocycles. The maximum absolute atomic E-state index is 13.4. The number of amides is 2. The van der Waals surface area contributed by atoms with Gasteiger partial charge in [0, 0.05) is 26.1 Å². The van der Waals surface area contributed by atoms with E-state index in [1.165, 1.54) is 11.1 Å². The average Bonchev–Trinajstić information content (AvgIpc) is 3.16. The van der Waals surface area contributed by atoms with Gasteiger partial charge in [-0.1, -0.05) is 84.6 Å². The number of halogens is 2. The van der Waals surface area contributed by atoms with Gasteiger partial charge in [-0.3, -0.25) is 9.59 Å². The van der Waals surface area contributed by atoms with E-state index < -0.39 is 36.9 Å². The molecule has 15 nitrogen and oxygen atoms in total. The number of aliphatic hydroxyl groups excluding tert-OH is 5. The zero-order chi connectivity index (χ0) is 40.5. The van der Waals surface area contributed by atoms with E-state index in [0.29, 0.717) is 51.5 Å². The predicted molar refractivity (Wildman–Crippen MR) is 223 cm³/mol. The Kier molecular flexibility index (Phi) is 20.8. The second-order valence-corrected chi connectivity index (χ2v) is 16.5. The molecule has 310 valence electrons. The van der Waals surface area contributed by atoms with Gasteiger partial charge in [-0.15, -0.1) is 0 Å². The summed E-state index contributed by atoms with van der Waals surface area (Å²) in [5.41, 5.74) is 13.9. The molecule has 0 bridgehead atoms. The maximum Gasteiger partial charge on any atom is 0.273 e. The Bertz CT molecular complexity index is 1480. The third-order valence-electron chi connectivity index (χ3n) is 10.2. The molecule has 11 N–H and O–H groups in total. The second-order valence-electron chi connectivity index (χ2n) is 14.7. The maximum atomic E-state index is 13.4. The number of carbonyl (C=O) groups excluding carboxylic acids is 2. The minimum atomic E-state index is -1.67. The highest BCUT2D eigenvalue weighted by molar-refractivity contribution is 14.1. The number of unbranched alkanes of at least 4 members (excludes halogenated alkanes) is 3. The summed E-state index contributed by atoms with van der Waals surface area (Å²) in [5.74, 6) is -0.0791. The first kappa shape index (κ1) is 47.0. The van der Waals surface area contributed by atoms with Crippen LogP contribution in [0.25, 0.3) is 0 Å². The zero-order valence-corrected chi connectivity index (χ0v) is 35.0. The molecule has 1 aromatic heterocycles. The van der Waals surface area contributed by atoms with Crippen LogP contribution < -0.4 is 22.1 Å². The number of aliphatic hydroxyl groups is 5. The number of nitrogens with zero attached hydrogens (tertiary/aromatic N) is 4. The van der Waals surface area contributed by atoms with E-state index in [0.717, 1.165) is 51.5 Å². The molecule has 17 heteroatoms. The van der Waals surface area contributed by atoms with E-state index in [4.69, 9.17) is 28.2 Å². The van der Waals surface area contributed by atoms with Crippen LogP contribution in [-0.2, 0) is 11.2 Å². The van der Waals surface area contributed by atoms with Crippen molar-refractivity contribution in [2.45, 2.75) is 100 Å². The standard InChI is InChI=1S/C38H62ClIN8O7/c1-3-4-5-8-14-47(22-28(50)33(53)34(54)29(51)23-49)15-9-12-31(52)48-16-13-25(18-30(48)40)19-43-20-26(17-27-11-7-6-10-24(27)2)21-44-38(55)32-36(41)46-37(42)35(39)45-32/h6-7,10-11,25-26,28-30,33-34,43,49-51,53-54H,3-5,8-9,12-23H2,1-2H3,(H,44,55)(H4,41,42,46)/t25?,26?,28-,29+,30?,33+,34+/m0/s1. The van der Waals surface area contributed by atoms with Gasteiger partial charge in [0.15, 0.2) is 22.5 Å². The summed E-state index contributed by atoms with van der Waals surface area (Å²) < 4.78 is 0.0487. The summed E-state index contributed by atoms with van der Waals surface area (Å²) in [5, 5.41) is 56.3. The minimum absolute atomic E-state index is 0.0380. The number of carbonyl (C=O) groups is 2. The number of nitrogens with two attached hydrogens (primary N) is 2. The molecule has 1 aliphatic rings. The molecule has 1 aromatic carbocycles. The average molecular weight is 905 g/mol. The van der Waals surface area contributed by atoms with E-state index in [9.17, 15) is 30.0 Å². The number of hydrogen-bond acceptors (Lipinski definition) is 13. The van der Waals surface area contributed by atoms with Crippen molar-refractivity contribution in [3.05, 3.63) is 46.2 Å². The molecule has 7 atom stereocenters. The molecule has 0 radical (unpaired) electrons. The van der Waals surface area contributed by atoms with Crippen molar-refractivity contribution in [3.63, 3.8) is 0 Å². The SMILES string of the molecule is CCCCCCN(CCCC(=O)N1CCC(CNCC(CNC(=O)c2nc(Cl)c(N)nc2N)Cc2ccccc2C)CC1I)C[C@H](O)[C@@H](O)[C@H](O)[C@H](O)CO. The van der Waals surface area contributed by atoms with E-state index in [1.807, 2.05) is 21.9 Å². The van der Waals surface area contributed by atoms with Gasteiger partial charge >= 0.3 is 0 Å². The van der Waals surface area contributed by atoms with Gasteiger partial charge in [0.1, 0.15) is 18.3 Å². The van der Waals surface area contributed by atoms with E-state index in [1.54, 1.807) is 0 Å². The number of likely N-dealkylation sites (tertiary alicyclic amines) is 1. The summed E-state index contributed by atoms with van der Waals surface area (Å²) in [6.07, 6.45) is 1.29. The molecule has 1 fully saturated rings. The van der Waals surface area contributed by atoms with Gasteiger partial charge in [-0.25, -0.2) is 9.97 Å². The monoisotopic (exact) mass is 904 g/mol. The lowest BCUT2D eigenvalue weighted by molar-refractivity contribution is -0.133. The molecule has 1 aliphatic heterocycles. The smallest absolute Gasteiger partial charge is 0.273 e. The van der Waals surface area contributed by atoms with Crippen LogP contribution in [0, 0.1) is 18.8 Å². The fourth-order valence-corrected chi connectivity index (χ4v) is 8.26. The summed E-state index contributed by atoms with van der Waals surface area (Å²) in [6.45, 7) is 7.20. The van der Waals surface area contributed by atoms with Crippen LogP contribution in [0.4, 0.5) is 11.6 Å². The minimum Gasteiger partial charge on any atom is -0.394 e. The molecule has 0 spiro atoms. The van der Waals surface area contributed by atoms with Crippen LogP contribution in [0.3, 0.4) is 0 Å². The molecule has 2 heterocycles. The quantitative estimate of drug-likeness (QED) is 0.0317. The van der Waals surface area contributed by atoms with E-state index in [2.05, 4.69) is 69.2 Å². The molecule has 55 heavy (non-hydrogen) atoms. The lowest BCUT2D eigenvalue weighted by atomic mass is 9.94. The molecule has 1 saturated heterocycles. The topological polar surface area (TPSA) is 244 Å². The fraction of sp³-hybridized carbons (Fsp3) is 0.684. The lowest BCUT2D eigenvalue weighted by Gasteiger charge is -2.37. The van der Waals surface area contributed by atoms with Gasteiger partial charge in [0.2, 0.25) is 5.91 Å². The Morgan fingerprint density at radius 3 is 2.42 bits per heavy atom. The van der Waals surface area contributed by atoms with E-state index >= 15 is 0 Å². The van der Waals surface area contributed by atoms with Gasteiger partial charge in [-0.05, 0) is 88.2 Å². The fourth-order valence-electron chi connectivity index (χ4n) is 6.83. The van der Waals surface area contributed by atoms with Crippen LogP contribution in [0.5, 0.6) is 0 Å². The Balaban J connectivity index is 1.49. The summed E-state index contributed by atoms with van der Waals surface area (Å²) in [7, 11) is 0. The van der Waals surface area contributed by atoms with Crippen molar-refractivity contribution in [3.8, 4) is 0 Å². The van der Waals surface area contributed by atoms with Crippen LogP contribution in [0.15, 0.2) is 24.3 Å². The third-order valence-corrected chi connectivity index (χ3v) is 11.7. The highest BCUT2D eigenvalue weighted by Gasteiger charge is 2.32. The largest absolute Gasteiger partial charge is 0.394 e.